The molecular weight excluding hydrogens is 372 g/mol. The van der Waals surface area contributed by atoms with Crippen molar-refractivity contribution in [2.45, 2.75) is 136 Å². The summed E-state index contributed by atoms with van der Waals surface area (Å²) in [6.45, 7) is 6.95. The lowest BCUT2D eigenvalue weighted by Crippen LogP contribution is -2.31. The van der Waals surface area contributed by atoms with Gasteiger partial charge in [0.1, 0.15) is 0 Å². The fraction of sp³-hybridized carbons (Fsp3) is 0.889. The fourth-order valence-corrected chi connectivity index (χ4v) is 3.79. The van der Waals surface area contributed by atoms with Crippen LogP contribution in [0.15, 0.2) is 12.2 Å². The van der Waals surface area contributed by atoms with Crippen LogP contribution in [-0.2, 0) is 9.53 Å². The Morgan fingerprint density at radius 3 is 1.83 bits per heavy atom. The summed E-state index contributed by atoms with van der Waals surface area (Å²) < 4.78 is 5.50. The number of allylic oxidation sites excluding steroid dienone is 2. The summed E-state index contributed by atoms with van der Waals surface area (Å²) in [7, 11) is 0. The molecule has 30 heavy (non-hydrogen) atoms. The van der Waals surface area contributed by atoms with E-state index in [1.807, 2.05) is 0 Å². The molecule has 0 heterocycles. The third kappa shape index (κ3) is 16.9. The zero-order valence-corrected chi connectivity index (χ0v) is 20.6. The molecule has 0 rings (SSSR count). The maximum absolute atomic E-state index is 12.0. The van der Waals surface area contributed by atoms with Crippen LogP contribution in [0, 0.1) is 5.41 Å². The molecular formula is C27H52O3. The highest BCUT2D eigenvalue weighted by molar-refractivity contribution is 5.69. The number of carbonyl (C=O) groups is 1. The molecule has 0 aromatic rings. The molecule has 1 N–H and O–H groups in total. The van der Waals surface area contributed by atoms with Gasteiger partial charge in [0.2, 0.25) is 0 Å². The smallest absolute Gasteiger partial charge is 0.305 e. The number of ether oxygens (including phenoxy) is 1. The van der Waals surface area contributed by atoms with Crippen molar-refractivity contribution >= 4 is 5.97 Å². The average Bonchev–Trinajstić information content (AvgIpc) is 2.77. The van der Waals surface area contributed by atoms with E-state index in [0.717, 1.165) is 38.5 Å². The molecule has 0 aromatic heterocycles. The molecule has 178 valence electrons. The topological polar surface area (TPSA) is 46.5 Å². The maximum atomic E-state index is 12.0. The maximum Gasteiger partial charge on any atom is 0.305 e. The van der Waals surface area contributed by atoms with Gasteiger partial charge in [-0.25, -0.2) is 0 Å². The standard InChI is InChI=1S/C27H52O3/c1-4-7-9-10-11-12-13-14-15-16-17-18-19-20-21-22-26(29)30-25-27(6-3,24-28)23-8-5-2/h14-15,28H,4-13,16-25H2,1-3H3. The van der Waals surface area contributed by atoms with Gasteiger partial charge in [-0.2, -0.15) is 0 Å². The van der Waals surface area contributed by atoms with E-state index in [9.17, 15) is 9.90 Å². The molecule has 0 saturated heterocycles. The second kappa shape index (κ2) is 21.4. The first-order valence-electron chi connectivity index (χ1n) is 13.1. The molecule has 0 aromatic carbocycles. The Balaban J connectivity index is 3.57. The van der Waals surface area contributed by atoms with E-state index in [1.54, 1.807) is 0 Å². The summed E-state index contributed by atoms with van der Waals surface area (Å²) in [5.41, 5.74) is -0.242. The minimum absolute atomic E-state index is 0.101. The van der Waals surface area contributed by atoms with E-state index >= 15 is 0 Å². The van der Waals surface area contributed by atoms with Crippen molar-refractivity contribution in [1.29, 1.82) is 0 Å². The van der Waals surface area contributed by atoms with Crippen molar-refractivity contribution in [3.05, 3.63) is 12.2 Å². The van der Waals surface area contributed by atoms with Crippen LogP contribution >= 0.6 is 0 Å². The first-order chi connectivity index (χ1) is 14.6. The van der Waals surface area contributed by atoms with Gasteiger partial charge in [-0.15, -0.1) is 0 Å². The highest BCUT2D eigenvalue weighted by Gasteiger charge is 2.28. The number of esters is 1. The molecule has 1 unspecified atom stereocenters. The molecule has 0 amide bonds. The lowest BCUT2D eigenvalue weighted by molar-refractivity contribution is -0.148. The minimum Gasteiger partial charge on any atom is -0.465 e. The van der Waals surface area contributed by atoms with Crippen LogP contribution in [0.4, 0.5) is 0 Å². The van der Waals surface area contributed by atoms with Crippen LogP contribution in [-0.4, -0.2) is 24.3 Å². The number of rotatable bonds is 22. The van der Waals surface area contributed by atoms with Crippen molar-refractivity contribution in [3.63, 3.8) is 0 Å². The van der Waals surface area contributed by atoms with Gasteiger partial charge >= 0.3 is 5.97 Å². The van der Waals surface area contributed by atoms with Gasteiger partial charge in [-0.1, -0.05) is 97.1 Å². The SMILES string of the molecule is CCCCCCCCC=CCCCCCCCC(=O)OCC(CC)(CO)CCCC. The quantitative estimate of drug-likeness (QED) is 0.108. The van der Waals surface area contributed by atoms with E-state index < -0.39 is 0 Å². The van der Waals surface area contributed by atoms with Crippen LogP contribution in [0.25, 0.3) is 0 Å². The van der Waals surface area contributed by atoms with Gasteiger partial charge in [0.05, 0.1) is 13.2 Å². The van der Waals surface area contributed by atoms with Gasteiger partial charge in [-0.05, 0) is 44.9 Å². The van der Waals surface area contributed by atoms with Gasteiger partial charge in [0.15, 0.2) is 0 Å². The largest absolute Gasteiger partial charge is 0.465 e. The first-order valence-corrected chi connectivity index (χ1v) is 13.1. The van der Waals surface area contributed by atoms with Crippen molar-refractivity contribution in [3.8, 4) is 0 Å². The molecule has 0 fully saturated rings. The van der Waals surface area contributed by atoms with E-state index in [2.05, 4.69) is 32.9 Å². The van der Waals surface area contributed by atoms with Crippen molar-refractivity contribution < 1.29 is 14.6 Å². The van der Waals surface area contributed by atoms with Crippen LogP contribution in [0.3, 0.4) is 0 Å². The Bertz CT molecular complexity index is 399. The van der Waals surface area contributed by atoms with Gasteiger partial charge in [-0.3, -0.25) is 4.79 Å². The number of aliphatic hydroxyl groups is 1. The van der Waals surface area contributed by atoms with Crippen molar-refractivity contribution in [2.24, 2.45) is 5.41 Å². The molecule has 0 spiro atoms. The fourth-order valence-electron chi connectivity index (χ4n) is 3.79. The Hall–Kier alpha value is -0.830. The van der Waals surface area contributed by atoms with Gasteiger partial charge < -0.3 is 9.84 Å². The third-order valence-corrected chi connectivity index (χ3v) is 6.33. The summed E-state index contributed by atoms with van der Waals surface area (Å²) in [4.78, 5) is 12.0. The summed E-state index contributed by atoms with van der Waals surface area (Å²) >= 11 is 0. The normalized spacial score (nSPS) is 13.6. The van der Waals surface area contributed by atoms with Crippen LogP contribution in [0.5, 0.6) is 0 Å². The Morgan fingerprint density at radius 1 is 0.767 bits per heavy atom. The number of hydrogen-bond donors (Lipinski definition) is 1. The molecule has 3 heteroatoms. The lowest BCUT2D eigenvalue weighted by Gasteiger charge is -2.30. The monoisotopic (exact) mass is 424 g/mol. The van der Waals surface area contributed by atoms with Crippen LogP contribution < -0.4 is 0 Å². The van der Waals surface area contributed by atoms with Crippen LogP contribution in [0.1, 0.15) is 136 Å². The van der Waals surface area contributed by atoms with E-state index in [-0.39, 0.29) is 18.0 Å². The molecule has 3 nitrogen and oxygen atoms in total. The third-order valence-electron chi connectivity index (χ3n) is 6.33. The predicted octanol–water partition coefficient (Wildman–Crippen LogP) is 8.15. The molecule has 0 aliphatic heterocycles. The Labute approximate surface area is 188 Å². The van der Waals surface area contributed by atoms with Crippen LogP contribution in [0.2, 0.25) is 0 Å². The highest BCUT2D eigenvalue weighted by Crippen LogP contribution is 2.29. The highest BCUT2D eigenvalue weighted by atomic mass is 16.5. The van der Waals surface area contributed by atoms with E-state index in [1.165, 1.54) is 70.6 Å². The van der Waals surface area contributed by atoms with Crippen molar-refractivity contribution in [1.82, 2.24) is 0 Å². The predicted molar refractivity (Wildman–Crippen MR) is 130 cm³/mol. The van der Waals surface area contributed by atoms with E-state index in [4.69, 9.17) is 4.74 Å². The number of hydrogen-bond acceptors (Lipinski definition) is 3. The Morgan fingerprint density at radius 2 is 1.30 bits per heavy atom. The molecule has 0 aliphatic carbocycles. The van der Waals surface area contributed by atoms with Gasteiger partial charge in [0, 0.05) is 11.8 Å². The van der Waals surface area contributed by atoms with Crippen molar-refractivity contribution in [2.75, 3.05) is 13.2 Å². The second-order valence-electron chi connectivity index (χ2n) is 9.11. The summed E-state index contributed by atoms with van der Waals surface area (Å²) in [6, 6.07) is 0. The zero-order chi connectivity index (χ0) is 22.3. The first kappa shape index (κ1) is 29.2. The Kier molecular flexibility index (Phi) is 20.8. The zero-order valence-electron chi connectivity index (χ0n) is 20.6. The lowest BCUT2D eigenvalue weighted by atomic mass is 9.82. The van der Waals surface area contributed by atoms with Gasteiger partial charge in [0.25, 0.3) is 0 Å². The average molecular weight is 425 g/mol. The molecule has 0 aliphatic rings. The summed E-state index contributed by atoms with van der Waals surface area (Å²) in [5, 5.41) is 9.74. The summed E-state index contributed by atoms with van der Waals surface area (Å²) in [5.74, 6) is -0.101. The summed E-state index contributed by atoms with van der Waals surface area (Å²) in [6.07, 6.45) is 25.6. The van der Waals surface area contributed by atoms with E-state index in [0.29, 0.717) is 13.0 Å². The molecule has 0 radical (unpaired) electrons. The number of aliphatic hydroxyl groups excluding tert-OH is 1. The molecule has 0 saturated carbocycles. The molecule has 0 bridgehead atoms. The number of carbonyl (C=O) groups excluding carboxylic acids is 1. The molecule has 1 atom stereocenters. The number of unbranched alkanes of at least 4 members (excludes halogenated alkanes) is 12. The minimum atomic E-state index is -0.242. The second-order valence-corrected chi connectivity index (χ2v) is 9.11.